The number of aromatic nitrogens is 2. The van der Waals surface area contributed by atoms with Crippen LogP contribution in [0.25, 0.3) is 0 Å². The number of anilines is 2. The maximum atomic E-state index is 11.8. The lowest BCUT2D eigenvalue weighted by molar-refractivity contribution is -0.114. The molecular formula is C15H14N4O2. The Labute approximate surface area is 121 Å². The Kier molecular flexibility index (Phi) is 2.42. The molecule has 2 aromatic rings. The number of benzene rings is 1. The highest BCUT2D eigenvalue weighted by Crippen LogP contribution is 2.32. The Balaban J connectivity index is 1.70. The number of Topliss-reactive ketones (excluding diaryl/α,β-unsaturated/α-hetero) is 1. The van der Waals surface area contributed by atoms with E-state index in [1.807, 2.05) is 24.5 Å². The molecule has 0 saturated carbocycles. The summed E-state index contributed by atoms with van der Waals surface area (Å²) >= 11 is 0. The number of hydrogen-bond acceptors (Lipinski definition) is 4. The van der Waals surface area contributed by atoms with Gasteiger partial charge in [-0.1, -0.05) is 0 Å². The number of carbonyl (C=O) groups is 2. The van der Waals surface area contributed by atoms with Gasteiger partial charge in [-0.25, -0.2) is 4.98 Å². The summed E-state index contributed by atoms with van der Waals surface area (Å²) in [5.74, 6) is 0.145. The summed E-state index contributed by atoms with van der Waals surface area (Å²) in [5, 5.41) is 0. The molecule has 0 atom stereocenters. The molecular weight excluding hydrogens is 268 g/mol. The van der Waals surface area contributed by atoms with Crippen LogP contribution in [-0.2, 0) is 17.9 Å². The summed E-state index contributed by atoms with van der Waals surface area (Å²) in [7, 11) is 1.64. The second-order valence-electron chi connectivity index (χ2n) is 5.35. The van der Waals surface area contributed by atoms with Crippen LogP contribution >= 0.6 is 0 Å². The van der Waals surface area contributed by atoms with E-state index in [0.717, 1.165) is 31.1 Å². The third-order valence-corrected chi connectivity index (χ3v) is 4.20. The third kappa shape index (κ3) is 1.68. The monoisotopic (exact) mass is 282 g/mol. The molecule has 2 aliphatic rings. The van der Waals surface area contributed by atoms with E-state index in [-0.39, 0.29) is 0 Å². The van der Waals surface area contributed by atoms with Crippen molar-refractivity contribution in [1.82, 2.24) is 9.55 Å². The van der Waals surface area contributed by atoms with Crippen LogP contribution in [0, 0.1) is 0 Å². The average molecular weight is 282 g/mol. The maximum Gasteiger partial charge on any atom is 0.299 e. The molecule has 0 unspecified atom stereocenters. The standard InChI is InChI=1S/C15H14N4O2/c1-17-12-8-10(2-3-11(12)14(20)15(17)21)19-7-6-18-5-4-16-13(18)9-19/h2-5,8H,6-7,9H2,1H3. The van der Waals surface area contributed by atoms with Gasteiger partial charge in [-0.2, -0.15) is 0 Å². The van der Waals surface area contributed by atoms with E-state index in [2.05, 4.69) is 14.5 Å². The summed E-state index contributed by atoms with van der Waals surface area (Å²) in [5.41, 5.74) is 2.19. The van der Waals surface area contributed by atoms with Gasteiger partial charge in [-0.05, 0) is 18.2 Å². The summed E-state index contributed by atoms with van der Waals surface area (Å²) in [6, 6.07) is 5.56. The Hall–Kier alpha value is -2.63. The topological polar surface area (TPSA) is 58.4 Å². The Bertz CT molecular complexity index is 765. The van der Waals surface area contributed by atoms with Crippen molar-refractivity contribution in [3.63, 3.8) is 0 Å². The third-order valence-electron chi connectivity index (χ3n) is 4.20. The first-order valence-electron chi connectivity index (χ1n) is 6.86. The van der Waals surface area contributed by atoms with Gasteiger partial charge in [0.1, 0.15) is 5.82 Å². The summed E-state index contributed by atoms with van der Waals surface area (Å²) in [6.45, 7) is 2.51. The number of carbonyl (C=O) groups excluding carboxylic acids is 2. The average Bonchev–Trinajstić information content (AvgIpc) is 3.06. The lowest BCUT2D eigenvalue weighted by Gasteiger charge is -2.30. The molecule has 0 saturated heterocycles. The molecule has 2 aliphatic heterocycles. The van der Waals surface area contributed by atoms with E-state index in [4.69, 9.17) is 0 Å². The molecule has 3 heterocycles. The molecule has 0 aliphatic carbocycles. The van der Waals surface area contributed by atoms with E-state index in [1.165, 1.54) is 4.90 Å². The minimum Gasteiger partial charge on any atom is -0.362 e. The van der Waals surface area contributed by atoms with Gasteiger partial charge in [0.15, 0.2) is 0 Å². The number of fused-ring (bicyclic) bond motifs is 2. The summed E-state index contributed by atoms with van der Waals surface area (Å²) < 4.78 is 2.14. The number of hydrogen-bond donors (Lipinski definition) is 0. The molecule has 106 valence electrons. The van der Waals surface area contributed by atoms with Gasteiger partial charge in [0.25, 0.3) is 11.7 Å². The highest BCUT2D eigenvalue weighted by Gasteiger charge is 2.33. The molecule has 6 nitrogen and oxygen atoms in total. The van der Waals surface area contributed by atoms with Crippen molar-refractivity contribution in [2.45, 2.75) is 13.1 Å². The van der Waals surface area contributed by atoms with Crippen molar-refractivity contribution in [2.75, 3.05) is 23.4 Å². The van der Waals surface area contributed by atoms with Gasteiger partial charge in [-0.3, -0.25) is 9.59 Å². The first kappa shape index (κ1) is 12.1. The second-order valence-corrected chi connectivity index (χ2v) is 5.35. The fourth-order valence-electron chi connectivity index (χ4n) is 2.96. The van der Waals surface area contributed by atoms with Gasteiger partial charge in [-0.15, -0.1) is 0 Å². The molecule has 4 rings (SSSR count). The predicted molar refractivity (Wildman–Crippen MR) is 77.5 cm³/mol. The van der Waals surface area contributed by atoms with Crippen LogP contribution in [-0.4, -0.2) is 34.8 Å². The molecule has 0 N–H and O–H groups in total. The SMILES string of the molecule is CN1C(=O)C(=O)c2ccc(N3CCn4ccnc4C3)cc21. The van der Waals surface area contributed by atoms with Crippen LogP contribution < -0.4 is 9.80 Å². The minimum atomic E-state index is -0.462. The molecule has 1 amide bonds. The zero-order valence-corrected chi connectivity index (χ0v) is 11.6. The van der Waals surface area contributed by atoms with Gasteiger partial charge >= 0.3 is 0 Å². The Morgan fingerprint density at radius 3 is 2.90 bits per heavy atom. The zero-order valence-electron chi connectivity index (χ0n) is 11.6. The van der Waals surface area contributed by atoms with Gasteiger partial charge < -0.3 is 14.4 Å². The number of rotatable bonds is 1. The summed E-state index contributed by atoms with van der Waals surface area (Å²) in [4.78, 5) is 31.5. The van der Waals surface area contributed by atoms with Gasteiger partial charge in [0, 0.05) is 38.2 Å². The lowest BCUT2D eigenvalue weighted by atomic mass is 10.1. The molecule has 21 heavy (non-hydrogen) atoms. The number of amides is 1. The smallest absolute Gasteiger partial charge is 0.299 e. The van der Waals surface area contributed by atoms with Crippen molar-refractivity contribution >= 4 is 23.1 Å². The number of likely N-dealkylation sites (N-methyl/N-ethyl adjacent to an activating group) is 1. The Morgan fingerprint density at radius 2 is 2.05 bits per heavy atom. The molecule has 0 spiro atoms. The highest BCUT2D eigenvalue weighted by molar-refractivity contribution is 6.52. The van der Waals surface area contributed by atoms with E-state index >= 15 is 0 Å². The number of nitrogens with zero attached hydrogens (tertiary/aromatic N) is 4. The van der Waals surface area contributed by atoms with Gasteiger partial charge in [0.2, 0.25) is 0 Å². The fourth-order valence-corrected chi connectivity index (χ4v) is 2.96. The van der Waals surface area contributed by atoms with E-state index in [9.17, 15) is 9.59 Å². The normalized spacial score (nSPS) is 17.2. The second kappa shape index (κ2) is 4.18. The van der Waals surface area contributed by atoms with E-state index < -0.39 is 11.7 Å². The number of ketones is 1. The highest BCUT2D eigenvalue weighted by atomic mass is 16.2. The van der Waals surface area contributed by atoms with Crippen LogP contribution in [0.3, 0.4) is 0 Å². The largest absolute Gasteiger partial charge is 0.362 e. The van der Waals surface area contributed by atoms with Crippen LogP contribution in [0.1, 0.15) is 16.2 Å². The molecule has 6 heteroatoms. The van der Waals surface area contributed by atoms with Crippen LogP contribution in [0.4, 0.5) is 11.4 Å². The van der Waals surface area contributed by atoms with Crippen molar-refractivity contribution < 1.29 is 9.59 Å². The number of imidazole rings is 1. The molecule has 0 radical (unpaired) electrons. The lowest BCUT2D eigenvalue weighted by Crippen LogP contribution is -2.33. The zero-order chi connectivity index (χ0) is 14.6. The van der Waals surface area contributed by atoms with Crippen molar-refractivity contribution in [2.24, 2.45) is 0 Å². The maximum absolute atomic E-state index is 11.8. The molecule has 1 aromatic heterocycles. The first-order valence-corrected chi connectivity index (χ1v) is 6.86. The first-order chi connectivity index (χ1) is 10.1. The minimum absolute atomic E-state index is 0.423. The van der Waals surface area contributed by atoms with Crippen LogP contribution in [0.2, 0.25) is 0 Å². The fraction of sp³-hybridized carbons (Fsp3) is 0.267. The van der Waals surface area contributed by atoms with Crippen LogP contribution in [0.5, 0.6) is 0 Å². The molecule has 1 aromatic carbocycles. The molecule has 0 fully saturated rings. The van der Waals surface area contributed by atoms with E-state index in [0.29, 0.717) is 11.3 Å². The Morgan fingerprint density at radius 1 is 1.19 bits per heavy atom. The summed E-state index contributed by atoms with van der Waals surface area (Å²) in [6.07, 6.45) is 3.80. The quantitative estimate of drug-likeness (QED) is 0.734. The van der Waals surface area contributed by atoms with Crippen molar-refractivity contribution in [3.8, 4) is 0 Å². The van der Waals surface area contributed by atoms with E-state index in [1.54, 1.807) is 13.1 Å². The molecule has 0 bridgehead atoms. The van der Waals surface area contributed by atoms with Gasteiger partial charge in [0.05, 0.1) is 17.8 Å². The van der Waals surface area contributed by atoms with Crippen LogP contribution in [0.15, 0.2) is 30.6 Å². The van der Waals surface area contributed by atoms with Crippen molar-refractivity contribution in [3.05, 3.63) is 42.0 Å². The predicted octanol–water partition coefficient (Wildman–Crippen LogP) is 1.06. The van der Waals surface area contributed by atoms with Crippen molar-refractivity contribution in [1.29, 1.82) is 0 Å².